The van der Waals surface area contributed by atoms with E-state index >= 15 is 0 Å². The summed E-state index contributed by atoms with van der Waals surface area (Å²) in [5.74, 6) is -1.39. The van der Waals surface area contributed by atoms with Crippen molar-refractivity contribution in [2.45, 2.75) is 19.3 Å². The van der Waals surface area contributed by atoms with Gasteiger partial charge in [-0.25, -0.2) is 4.39 Å². The van der Waals surface area contributed by atoms with Gasteiger partial charge in [0.25, 0.3) is 0 Å². The van der Waals surface area contributed by atoms with E-state index in [0.717, 1.165) is 11.1 Å². The number of hydrogen-bond acceptors (Lipinski definition) is 1. The largest absolute Gasteiger partial charge is 0.481 e. The third-order valence-electron chi connectivity index (χ3n) is 3.17. The molecule has 0 bridgehead atoms. The molecule has 0 aliphatic heterocycles. The smallest absolute Gasteiger partial charge is 0.304 e. The summed E-state index contributed by atoms with van der Waals surface area (Å²) < 4.78 is 13.3. The molecule has 1 N–H and O–H groups in total. The van der Waals surface area contributed by atoms with E-state index in [4.69, 9.17) is 5.11 Å². The highest BCUT2D eigenvalue weighted by Crippen LogP contribution is 2.29. The van der Waals surface area contributed by atoms with Crippen LogP contribution in [0.25, 0.3) is 0 Å². The molecule has 2 aromatic rings. The minimum Gasteiger partial charge on any atom is -0.481 e. The van der Waals surface area contributed by atoms with Crippen LogP contribution in [0.15, 0.2) is 48.5 Å². The molecule has 2 rings (SSSR count). The first-order valence-electron chi connectivity index (χ1n) is 6.10. The summed E-state index contributed by atoms with van der Waals surface area (Å²) in [7, 11) is 0. The van der Waals surface area contributed by atoms with Gasteiger partial charge in [-0.15, -0.1) is 0 Å². The molecule has 0 amide bonds. The van der Waals surface area contributed by atoms with E-state index in [9.17, 15) is 9.18 Å². The van der Waals surface area contributed by atoms with E-state index in [-0.39, 0.29) is 18.2 Å². The molecule has 0 aliphatic rings. The van der Waals surface area contributed by atoms with Crippen molar-refractivity contribution in [2.24, 2.45) is 0 Å². The minimum atomic E-state index is -0.865. The topological polar surface area (TPSA) is 37.3 Å². The average Bonchev–Trinajstić information content (AvgIpc) is 2.40. The van der Waals surface area contributed by atoms with E-state index < -0.39 is 5.97 Å². The zero-order valence-electron chi connectivity index (χ0n) is 10.6. The van der Waals surface area contributed by atoms with E-state index in [1.165, 1.54) is 6.07 Å². The fourth-order valence-electron chi connectivity index (χ4n) is 2.17. The maximum absolute atomic E-state index is 13.3. The Morgan fingerprint density at radius 1 is 1.16 bits per heavy atom. The van der Waals surface area contributed by atoms with E-state index in [0.29, 0.717) is 5.56 Å². The molecule has 3 heteroatoms. The van der Waals surface area contributed by atoms with Crippen LogP contribution in [0.3, 0.4) is 0 Å². The van der Waals surface area contributed by atoms with Crippen LogP contribution in [0.1, 0.15) is 29.0 Å². The lowest BCUT2D eigenvalue weighted by Gasteiger charge is -2.16. The molecule has 0 aromatic heterocycles. The van der Waals surface area contributed by atoms with Gasteiger partial charge < -0.3 is 5.11 Å². The standard InChI is InChI=1S/C16H15FO2/c1-11-9-13(7-8-15(11)17)14(10-16(18)19)12-5-3-2-4-6-12/h2-9,14H,10H2,1H3,(H,18,19). The van der Waals surface area contributed by atoms with Crippen molar-refractivity contribution < 1.29 is 14.3 Å². The Balaban J connectivity index is 2.42. The maximum Gasteiger partial charge on any atom is 0.304 e. The van der Waals surface area contributed by atoms with Gasteiger partial charge in [0.05, 0.1) is 6.42 Å². The second-order valence-corrected chi connectivity index (χ2v) is 4.57. The summed E-state index contributed by atoms with van der Waals surface area (Å²) in [5.41, 5.74) is 2.28. The number of aliphatic carboxylic acids is 1. The fourth-order valence-corrected chi connectivity index (χ4v) is 2.17. The van der Waals surface area contributed by atoms with Gasteiger partial charge in [-0.2, -0.15) is 0 Å². The summed E-state index contributed by atoms with van der Waals surface area (Å²) in [5, 5.41) is 9.06. The zero-order chi connectivity index (χ0) is 13.8. The number of hydrogen-bond donors (Lipinski definition) is 1. The number of rotatable bonds is 4. The van der Waals surface area contributed by atoms with Crippen LogP contribution >= 0.6 is 0 Å². The van der Waals surface area contributed by atoms with Gasteiger partial charge in [-0.05, 0) is 29.7 Å². The van der Waals surface area contributed by atoms with Crippen molar-refractivity contribution in [3.05, 3.63) is 71.0 Å². The van der Waals surface area contributed by atoms with Crippen molar-refractivity contribution >= 4 is 5.97 Å². The van der Waals surface area contributed by atoms with Gasteiger partial charge in [-0.3, -0.25) is 4.79 Å². The molecule has 2 nitrogen and oxygen atoms in total. The summed E-state index contributed by atoms with van der Waals surface area (Å²) in [6.45, 7) is 1.68. The molecular formula is C16H15FO2. The number of halogens is 1. The van der Waals surface area contributed by atoms with Gasteiger partial charge in [0.1, 0.15) is 5.82 Å². The average molecular weight is 258 g/mol. The highest BCUT2D eigenvalue weighted by Gasteiger charge is 2.18. The van der Waals surface area contributed by atoms with E-state index in [1.807, 2.05) is 30.3 Å². The number of carbonyl (C=O) groups is 1. The number of carboxylic acids is 1. The van der Waals surface area contributed by atoms with E-state index in [1.54, 1.807) is 19.1 Å². The second kappa shape index (κ2) is 5.65. The van der Waals surface area contributed by atoms with Crippen molar-refractivity contribution in [1.82, 2.24) is 0 Å². The third kappa shape index (κ3) is 3.19. The van der Waals surface area contributed by atoms with Gasteiger partial charge in [-0.1, -0.05) is 42.5 Å². The Bertz CT molecular complexity index is 579. The molecule has 0 radical (unpaired) electrons. The predicted molar refractivity (Wildman–Crippen MR) is 71.7 cm³/mol. The lowest BCUT2D eigenvalue weighted by Crippen LogP contribution is -2.08. The molecule has 0 heterocycles. The number of carboxylic acid groups (broad SMARTS) is 1. The van der Waals surface area contributed by atoms with Crippen LogP contribution < -0.4 is 0 Å². The number of aryl methyl sites for hydroxylation is 1. The molecule has 0 spiro atoms. The van der Waals surface area contributed by atoms with Crippen LogP contribution in [-0.4, -0.2) is 11.1 Å². The molecule has 0 aliphatic carbocycles. The third-order valence-corrected chi connectivity index (χ3v) is 3.17. The Morgan fingerprint density at radius 3 is 2.42 bits per heavy atom. The van der Waals surface area contributed by atoms with Crippen molar-refractivity contribution in [2.75, 3.05) is 0 Å². The molecule has 0 saturated carbocycles. The van der Waals surface area contributed by atoms with Crippen LogP contribution in [0.5, 0.6) is 0 Å². The van der Waals surface area contributed by atoms with Crippen molar-refractivity contribution in [3.8, 4) is 0 Å². The molecule has 0 fully saturated rings. The van der Waals surface area contributed by atoms with Crippen LogP contribution in [0.4, 0.5) is 4.39 Å². The summed E-state index contributed by atoms with van der Waals surface area (Å²) >= 11 is 0. The first-order valence-corrected chi connectivity index (χ1v) is 6.10. The van der Waals surface area contributed by atoms with Gasteiger partial charge in [0, 0.05) is 5.92 Å². The molecule has 1 unspecified atom stereocenters. The highest BCUT2D eigenvalue weighted by atomic mass is 19.1. The lowest BCUT2D eigenvalue weighted by atomic mass is 9.88. The lowest BCUT2D eigenvalue weighted by molar-refractivity contribution is -0.137. The molecule has 98 valence electrons. The van der Waals surface area contributed by atoms with Crippen LogP contribution in [0.2, 0.25) is 0 Å². The Morgan fingerprint density at radius 2 is 1.84 bits per heavy atom. The first-order chi connectivity index (χ1) is 9.08. The SMILES string of the molecule is Cc1cc(C(CC(=O)O)c2ccccc2)ccc1F. The maximum atomic E-state index is 13.3. The summed E-state index contributed by atoms with van der Waals surface area (Å²) in [4.78, 5) is 11.0. The molecular weight excluding hydrogens is 243 g/mol. The van der Waals surface area contributed by atoms with Crippen LogP contribution in [0, 0.1) is 12.7 Å². The Hall–Kier alpha value is -2.16. The normalized spacial score (nSPS) is 12.1. The second-order valence-electron chi connectivity index (χ2n) is 4.57. The van der Waals surface area contributed by atoms with Crippen molar-refractivity contribution in [1.29, 1.82) is 0 Å². The Kier molecular flexibility index (Phi) is 3.95. The van der Waals surface area contributed by atoms with Gasteiger partial charge in [0.2, 0.25) is 0 Å². The van der Waals surface area contributed by atoms with Gasteiger partial charge in [0.15, 0.2) is 0 Å². The highest BCUT2D eigenvalue weighted by molar-refractivity contribution is 5.69. The monoisotopic (exact) mass is 258 g/mol. The molecule has 0 saturated heterocycles. The molecule has 1 atom stereocenters. The Labute approximate surface area is 111 Å². The summed E-state index contributed by atoms with van der Waals surface area (Å²) in [6, 6.07) is 14.2. The van der Waals surface area contributed by atoms with Crippen LogP contribution in [-0.2, 0) is 4.79 Å². The number of benzene rings is 2. The summed E-state index contributed by atoms with van der Waals surface area (Å²) in [6.07, 6.45) is -0.00488. The van der Waals surface area contributed by atoms with Gasteiger partial charge >= 0.3 is 5.97 Å². The van der Waals surface area contributed by atoms with Crippen molar-refractivity contribution in [3.63, 3.8) is 0 Å². The quantitative estimate of drug-likeness (QED) is 0.907. The molecule has 2 aromatic carbocycles. The molecule has 19 heavy (non-hydrogen) atoms. The zero-order valence-corrected chi connectivity index (χ0v) is 10.6. The van der Waals surface area contributed by atoms with E-state index in [2.05, 4.69) is 0 Å². The predicted octanol–water partition coefficient (Wildman–Crippen LogP) is 3.74. The fraction of sp³-hybridized carbons (Fsp3) is 0.188. The first kappa shape index (κ1) is 13.3. The minimum absolute atomic E-state index is 0.00488.